The molecule has 4 nitrogen and oxygen atoms in total. The molecule has 4 fully saturated rings. The smallest absolute Gasteiger partial charge is 0.156 e. The fourth-order valence-corrected chi connectivity index (χ4v) is 8.81. The highest BCUT2D eigenvalue weighted by Gasteiger charge is 2.61. The third-order valence-corrected chi connectivity index (χ3v) is 10.4. The third kappa shape index (κ3) is 3.12. The highest BCUT2D eigenvalue weighted by Crippen LogP contribution is 2.68. The van der Waals surface area contributed by atoms with Gasteiger partial charge in [0.25, 0.3) is 0 Å². The highest BCUT2D eigenvalue weighted by atomic mass is 16.3. The van der Waals surface area contributed by atoms with Crippen LogP contribution in [-0.2, 0) is 11.3 Å². The zero-order chi connectivity index (χ0) is 21.3. The van der Waals surface area contributed by atoms with Gasteiger partial charge in [0.2, 0.25) is 0 Å². The normalized spacial score (nSPS) is 48.0. The molecule has 30 heavy (non-hydrogen) atoms. The molecule has 1 unspecified atom stereocenters. The van der Waals surface area contributed by atoms with Crippen LogP contribution in [-0.4, -0.2) is 26.0 Å². The van der Waals surface area contributed by atoms with Gasteiger partial charge in [-0.3, -0.25) is 4.79 Å². The maximum absolute atomic E-state index is 13.3. The first-order valence-electron chi connectivity index (χ1n) is 12.4. The first-order valence-corrected chi connectivity index (χ1v) is 12.4. The zero-order valence-corrected chi connectivity index (χ0v) is 19.4. The van der Waals surface area contributed by atoms with E-state index < -0.39 is 5.60 Å². The minimum Gasteiger partial charge on any atom is -0.390 e. The summed E-state index contributed by atoms with van der Waals surface area (Å²) < 4.78 is 1.97. The van der Waals surface area contributed by atoms with Crippen molar-refractivity contribution in [3.63, 3.8) is 0 Å². The summed E-state index contributed by atoms with van der Waals surface area (Å²) in [5, 5.41) is 10.7. The van der Waals surface area contributed by atoms with E-state index in [-0.39, 0.29) is 11.3 Å². The number of imidazole rings is 1. The van der Waals surface area contributed by atoms with Gasteiger partial charge >= 0.3 is 0 Å². The van der Waals surface area contributed by atoms with Gasteiger partial charge < -0.3 is 9.67 Å². The summed E-state index contributed by atoms with van der Waals surface area (Å²) in [6.07, 6.45) is 14.3. The molecule has 0 amide bonds. The molecule has 1 aromatic rings. The Morgan fingerprint density at radius 1 is 1.07 bits per heavy atom. The van der Waals surface area contributed by atoms with Crippen molar-refractivity contribution in [3.8, 4) is 0 Å². The van der Waals surface area contributed by atoms with E-state index in [0.29, 0.717) is 29.6 Å². The van der Waals surface area contributed by atoms with Crippen LogP contribution in [0.1, 0.15) is 84.3 Å². The number of fused-ring (bicyclic) bond motifs is 5. The second-order valence-electron chi connectivity index (χ2n) is 12.2. The van der Waals surface area contributed by atoms with E-state index >= 15 is 0 Å². The van der Waals surface area contributed by atoms with Crippen molar-refractivity contribution < 1.29 is 9.90 Å². The summed E-state index contributed by atoms with van der Waals surface area (Å²) in [6, 6.07) is 0. The molecule has 1 aromatic heterocycles. The number of ketones is 1. The average molecular weight is 413 g/mol. The Bertz CT molecular complexity index is 829. The second kappa shape index (κ2) is 6.92. The van der Waals surface area contributed by atoms with Crippen molar-refractivity contribution in [2.45, 2.75) is 97.6 Å². The number of carbonyl (C=O) groups is 1. The number of rotatable bonds is 3. The van der Waals surface area contributed by atoms with Crippen LogP contribution in [0.2, 0.25) is 0 Å². The molecule has 4 heteroatoms. The zero-order valence-electron chi connectivity index (χ0n) is 19.4. The van der Waals surface area contributed by atoms with Crippen molar-refractivity contribution in [2.24, 2.45) is 40.4 Å². The average Bonchev–Trinajstić information content (AvgIpc) is 3.24. The Kier molecular flexibility index (Phi) is 4.78. The molecule has 0 radical (unpaired) electrons. The van der Waals surface area contributed by atoms with Crippen LogP contribution in [0, 0.1) is 47.3 Å². The number of nitrogens with zero attached hydrogens (tertiary/aromatic N) is 2. The summed E-state index contributed by atoms with van der Waals surface area (Å²) in [5.74, 6) is 3.58. The van der Waals surface area contributed by atoms with E-state index in [1.54, 1.807) is 6.33 Å². The molecule has 1 heterocycles. The molecule has 4 aliphatic carbocycles. The van der Waals surface area contributed by atoms with Crippen molar-refractivity contribution in [2.75, 3.05) is 0 Å². The molecule has 8 atom stereocenters. The molecule has 166 valence electrons. The largest absolute Gasteiger partial charge is 0.390 e. The van der Waals surface area contributed by atoms with Gasteiger partial charge in [0.1, 0.15) is 0 Å². The Morgan fingerprint density at radius 2 is 1.83 bits per heavy atom. The molecular formula is C26H40N2O2. The van der Waals surface area contributed by atoms with Gasteiger partial charge in [-0.1, -0.05) is 13.8 Å². The molecule has 5 rings (SSSR count). The van der Waals surface area contributed by atoms with Gasteiger partial charge in [0.05, 0.1) is 24.2 Å². The van der Waals surface area contributed by atoms with Gasteiger partial charge in [-0.25, -0.2) is 4.98 Å². The number of hydrogen-bond donors (Lipinski definition) is 1. The van der Waals surface area contributed by atoms with Crippen LogP contribution in [0.3, 0.4) is 0 Å². The van der Waals surface area contributed by atoms with E-state index in [1.807, 2.05) is 24.6 Å². The summed E-state index contributed by atoms with van der Waals surface area (Å²) in [5.41, 5.74) is 1.09. The van der Waals surface area contributed by atoms with Crippen molar-refractivity contribution in [1.82, 2.24) is 9.55 Å². The van der Waals surface area contributed by atoms with E-state index in [1.165, 1.54) is 38.5 Å². The molecule has 4 aliphatic rings. The predicted octanol–water partition coefficient (Wildman–Crippen LogP) is 5.17. The van der Waals surface area contributed by atoms with Crippen LogP contribution in [0.25, 0.3) is 0 Å². The Morgan fingerprint density at radius 3 is 2.57 bits per heavy atom. The molecule has 4 saturated carbocycles. The number of carbonyl (C=O) groups excluding carboxylic acids is 1. The summed E-state index contributed by atoms with van der Waals surface area (Å²) in [6.45, 7) is 9.51. The van der Waals surface area contributed by atoms with Crippen LogP contribution in [0.4, 0.5) is 0 Å². The van der Waals surface area contributed by atoms with Gasteiger partial charge in [0, 0.05) is 12.1 Å². The van der Waals surface area contributed by atoms with Gasteiger partial charge in [-0.15, -0.1) is 0 Å². The third-order valence-electron chi connectivity index (χ3n) is 10.4. The van der Waals surface area contributed by atoms with E-state index in [4.69, 9.17) is 0 Å². The fraction of sp³-hybridized carbons (Fsp3) is 0.846. The van der Waals surface area contributed by atoms with Crippen LogP contribution in [0.15, 0.2) is 12.5 Å². The lowest BCUT2D eigenvalue weighted by molar-refractivity contribution is -0.151. The molecule has 0 aromatic carbocycles. The number of aliphatic hydroxyl groups is 1. The minimum absolute atomic E-state index is 0.178. The summed E-state index contributed by atoms with van der Waals surface area (Å²) in [7, 11) is 0. The first kappa shape index (κ1) is 20.7. The molecular weight excluding hydrogens is 372 g/mol. The molecule has 1 N–H and O–H groups in total. The van der Waals surface area contributed by atoms with Crippen LogP contribution in [0.5, 0.6) is 0 Å². The van der Waals surface area contributed by atoms with Crippen LogP contribution < -0.4 is 0 Å². The number of aromatic nitrogens is 2. The van der Waals surface area contributed by atoms with E-state index in [9.17, 15) is 9.90 Å². The summed E-state index contributed by atoms with van der Waals surface area (Å²) >= 11 is 0. The Labute approximate surface area is 181 Å². The van der Waals surface area contributed by atoms with Crippen LogP contribution >= 0.6 is 0 Å². The lowest BCUT2D eigenvalue weighted by atomic mass is 9.44. The lowest BCUT2D eigenvalue weighted by Crippen LogP contribution is -2.55. The molecule has 0 bridgehead atoms. The monoisotopic (exact) mass is 412 g/mol. The Balaban J connectivity index is 1.34. The van der Waals surface area contributed by atoms with Crippen molar-refractivity contribution >= 4 is 5.78 Å². The second-order valence-corrected chi connectivity index (χ2v) is 12.2. The predicted molar refractivity (Wildman–Crippen MR) is 118 cm³/mol. The van der Waals surface area contributed by atoms with Gasteiger partial charge in [-0.05, 0) is 106 Å². The number of Topliss-reactive ketones (excluding diaryl/α,β-unsaturated/α-hetero) is 1. The molecule has 0 aliphatic heterocycles. The van der Waals surface area contributed by atoms with Gasteiger partial charge in [0.15, 0.2) is 5.78 Å². The topological polar surface area (TPSA) is 55.1 Å². The first-order chi connectivity index (χ1) is 14.1. The fourth-order valence-electron chi connectivity index (χ4n) is 8.81. The van der Waals surface area contributed by atoms with Crippen molar-refractivity contribution in [1.29, 1.82) is 0 Å². The van der Waals surface area contributed by atoms with Gasteiger partial charge in [-0.2, -0.15) is 0 Å². The number of aryl methyl sites for hydroxylation is 1. The molecule has 0 saturated heterocycles. The van der Waals surface area contributed by atoms with E-state index in [0.717, 1.165) is 36.8 Å². The maximum Gasteiger partial charge on any atom is 0.156 e. The van der Waals surface area contributed by atoms with Crippen molar-refractivity contribution in [3.05, 3.63) is 18.2 Å². The quantitative estimate of drug-likeness (QED) is 0.745. The standard InChI is InChI=1S/C26H40N2O2/c1-17-14-28(16-27-17)15-23(29)22-8-7-20-19-6-5-18-13-24(2,30)11-12-25(18,3)21(19)9-10-26(20,22)4/h14,16,18-22,30H,5-13,15H2,1-4H3/t18-,19+,20+,21+,22-,24-,25+,26?/m1/s1. The highest BCUT2D eigenvalue weighted by molar-refractivity contribution is 5.82. The molecule has 0 spiro atoms. The Hall–Kier alpha value is -1.16. The lowest BCUT2D eigenvalue weighted by Gasteiger charge is -2.61. The number of hydrogen-bond acceptors (Lipinski definition) is 3. The minimum atomic E-state index is -0.462. The SMILES string of the molecule is Cc1cn(CC(=O)[C@H]2CC[C@H]3[C@@H]4CC[C@@H]5C[C@](C)(O)CC[C@]5(C)[C@H]4CCC23C)cn1. The summed E-state index contributed by atoms with van der Waals surface area (Å²) in [4.78, 5) is 17.6. The maximum atomic E-state index is 13.3. The van der Waals surface area contributed by atoms with E-state index in [2.05, 4.69) is 18.8 Å².